The molecule has 0 amide bonds. The van der Waals surface area contributed by atoms with Crippen molar-refractivity contribution in [3.05, 3.63) is 29.8 Å². The summed E-state index contributed by atoms with van der Waals surface area (Å²) in [6.45, 7) is 7.05. The molecule has 6 nitrogen and oxygen atoms in total. The molecule has 0 bridgehead atoms. The maximum absolute atomic E-state index is 12.3. The molecule has 0 radical (unpaired) electrons. The van der Waals surface area contributed by atoms with Crippen molar-refractivity contribution in [1.29, 1.82) is 0 Å². The first-order chi connectivity index (χ1) is 15.1. The summed E-state index contributed by atoms with van der Waals surface area (Å²) in [5, 5.41) is 7.51. The van der Waals surface area contributed by atoms with E-state index in [9.17, 15) is 4.21 Å². The minimum atomic E-state index is -0.718. The predicted molar refractivity (Wildman–Crippen MR) is 144 cm³/mol. The van der Waals surface area contributed by atoms with Crippen molar-refractivity contribution in [2.75, 3.05) is 39.2 Å². The van der Waals surface area contributed by atoms with Crippen molar-refractivity contribution in [2.24, 2.45) is 4.99 Å². The lowest BCUT2D eigenvalue weighted by Crippen LogP contribution is -2.51. The number of nitrogens with zero attached hydrogens (tertiary/aromatic N) is 1. The van der Waals surface area contributed by atoms with Crippen LogP contribution in [0, 0.1) is 0 Å². The Bertz CT molecular complexity index is 739. The fourth-order valence-electron chi connectivity index (χ4n) is 4.79. The molecule has 1 aliphatic carbocycles. The standard InChI is InChI=1S/C24H39N3O3S.HI/c1-4-30-21-11-9-19(10-12-21)24(13-15-29-16-14-24)18-26-23(25-3)27-20-7-6-8-22(17-20)31(28)5-2;/h9-12,20,22H,4-8,13-18H2,1-3H3,(H2,25,26,27);1H. The number of halogens is 1. The first-order valence-corrected chi connectivity index (χ1v) is 13.1. The lowest BCUT2D eigenvalue weighted by Gasteiger charge is -2.39. The third-order valence-electron chi connectivity index (χ3n) is 6.67. The maximum Gasteiger partial charge on any atom is 0.191 e. The van der Waals surface area contributed by atoms with E-state index in [1.165, 1.54) is 5.56 Å². The number of hydrogen-bond acceptors (Lipinski definition) is 4. The molecule has 1 saturated carbocycles. The normalized spacial score (nSPS) is 24.2. The summed E-state index contributed by atoms with van der Waals surface area (Å²) in [5.41, 5.74) is 1.33. The molecule has 2 fully saturated rings. The van der Waals surface area contributed by atoms with Gasteiger partial charge < -0.3 is 20.1 Å². The van der Waals surface area contributed by atoms with E-state index in [2.05, 4.69) is 39.9 Å². The van der Waals surface area contributed by atoms with Gasteiger partial charge in [-0.2, -0.15) is 0 Å². The highest BCUT2D eigenvalue weighted by atomic mass is 127. The van der Waals surface area contributed by atoms with Gasteiger partial charge >= 0.3 is 0 Å². The summed E-state index contributed by atoms with van der Waals surface area (Å²) < 4.78 is 23.6. The molecule has 2 N–H and O–H groups in total. The molecular weight excluding hydrogens is 537 g/mol. The van der Waals surface area contributed by atoms with Crippen LogP contribution in [0.2, 0.25) is 0 Å². The lowest BCUT2D eigenvalue weighted by atomic mass is 9.74. The predicted octanol–water partition coefficient (Wildman–Crippen LogP) is 4.00. The molecule has 0 aromatic heterocycles. The van der Waals surface area contributed by atoms with E-state index in [-0.39, 0.29) is 29.4 Å². The highest BCUT2D eigenvalue weighted by Crippen LogP contribution is 2.35. The summed E-state index contributed by atoms with van der Waals surface area (Å²) >= 11 is 0. The number of guanidine groups is 1. The zero-order valence-corrected chi connectivity index (χ0v) is 22.9. The van der Waals surface area contributed by atoms with Gasteiger partial charge in [-0.25, -0.2) is 0 Å². The molecule has 3 unspecified atom stereocenters. The molecule has 3 atom stereocenters. The molecule has 0 spiro atoms. The van der Waals surface area contributed by atoms with Crippen LogP contribution in [0.15, 0.2) is 29.3 Å². The number of aliphatic imine (C=N–C) groups is 1. The summed E-state index contributed by atoms with van der Waals surface area (Å²) in [6.07, 6.45) is 6.22. The summed E-state index contributed by atoms with van der Waals surface area (Å²) in [7, 11) is 1.11. The van der Waals surface area contributed by atoms with Gasteiger partial charge in [0.1, 0.15) is 5.75 Å². The Morgan fingerprint density at radius 3 is 2.56 bits per heavy atom. The van der Waals surface area contributed by atoms with Gasteiger partial charge in [0.25, 0.3) is 0 Å². The van der Waals surface area contributed by atoms with E-state index >= 15 is 0 Å². The SMILES string of the molecule is CCOc1ccc(C2(CNC(=NC)NC3CCCC(S(=O)CC)C3)CCOCC2)cc1.I. The Morgan fingerprint density at radius 1 is 1.22 bits per heavy atom. The van der Waals surface area contributed by atoms with E-state index in [1.54, 1.807) is 0 Å². The van der Waals surface area contributed by atoms with Crippen molar-refractivity contribution in [3.63, 3.8) is 0 Å². The van der Waals surface area contributed by atoms with Gasteiger partial charge in [-0.3, -0.25) is 9.20 Å². The summed E-state index contributed by atoms with van der Waals surface area (Å²) in [5.74, 6) is 2.50. The number of hydrogen-bond donors (Lipinski definition) is 2. The van der Waals surface area contributed by atoms with E-state index in [0.29, 0.717) is 17.9 Å². The highest BCUT2D eigenvalue weighted by molar-refractivity contribution is 14.0. The van der Waals surface area contributed by atoms with E-state index < -0.39 is 10.8 Å². The van der Waals surface area contributed by atoms with Gasteiger partial charge in [-0.1, -0.05) is 25.5 Å². The fourth-order valence-corrected chi connectivity index (χ4v) is 6.14. The number of benzene rings is 1. The van der Waals surface area contributed by atoms with Crippen molar-refractivity contribution < 1.29 is 13.7 Å². The van der Waals surface area contributed by atoms with Gasteiger partial charge in [0.2, 0.25) is 0 Å². The number of rotatable bonds is 8. The molecule has 182 valence electrons. The van der Waals surface area contributed by atoms with Crippen molar-refractivity contribution in [2.45, 2.75) is 69.1 Å². The van der Waals surface area contributed by atoms with Gasteiger partial charge in [-0.05, 0) is 56.7 Å². The average Bonchev–Trinajstić information content (AvgIpc) is 2.82. The van der Waals surface area contributed by atoms with Crippen LogP contribution in [-0.2, 0) is 21.0 Å². The highest BCUT2D eigenvalue weighted by Gasteiger charge is 2.35. The van der Waals surface area contributed by atoms with Crippen molar-refractivity contribution in [3.8, 4) is 5.75 Å². The van der Waals surface area contributed by atoms with Crippen molar-refractivity contribution >= 4 is 40.7 Å². The zero-order valence-electron chi connectivity index (χ0n) is 19.7. The molecule has 1 aliphatic heterocycles. The van der Waals surface area contributed by atoms with Gasteiger partial charge in [-0.15, -0.1) is 24.0 Å². The zero-order chi connectivity index (χ0) is 22.1. The van der Waals surface area contributed by atoms with E-state index in [4.69, 9.17) is 9.47 Å². The summed E-state index contributed by atoms with van der Waals surface area (Å²) in [6, 6.07) is 8.86. The quantitative estimate of drug-likeness (QED) is 0.278. The van der Waals surface area contributed by atoms with E-state index in [1.807, 2.05) is 20.9 Å². The molecule has 2 aliphatic rings. The minimum absolute atomic E-state index is 0. The Kier molecular flexibility index (Phi) is 11.8. The van der Waals surface area contributed by atoms with Crippen LogP contribution in [-0.4, -0.2) is 60.6 Å². The van der Waals surface area contributed by atoms with Gasteiger partial charge in [0.05, 0.1) is 6.61 Å². The molecular formula is C24H40IN3O3S. The number of nitrogens with one attached hydrogen (secondary N) is 2. The largest absolute Gasteiger partial charge is 0.494 e. The Morgan fingerprint density at radius 2 is 1.94 bits per heavy atom. The van der Waals surface area contributed by atoms with Crippen LogP contribution >= 0.6 is 24.0 Å². The Hall–Kier alpha value is -0.870. The molecule has 3 rings (SSSR count). The van der Waals surface area contributed by atoms with Crippen LogP contribution < -0.4 is 15.4 Å². The first-order valence-electron chi connectivity index (χ1n) is 11.8. The minimum Gasteiger partial charge on any atom is -0.494 e. The maximum atomic E-state index is 12.3. The Balaban J connectivity index is 0.00000363. The second-order valence-corrected chi connectivity index (χ2v) is 10.6. The summed E-state index contributed by atoms with van der Waals surface area (Å²) in [4.78, 5) is 4.49. The lowest BCUT2D eigenvalue weighted by molar-refractivity contribution is 0.0513. The second kappa shape index (κ2) is 13.7. The molecule has 32 heavy (non-hydrogen) atoms. The van der Waals surface area contributed by atoms with Crippen LogP contribution in [0.1, 0.15) is 57.9 Å². The molecule has 1 heterocycles. The van der Waals surface area contributed by atoms with E-state index in [0.717, 1.165) is 75.7 Å². The average molecular weight is 578 g/mol. The first kappa shape index (κ1) is 27.4. The van der Waals surface area contributed by atoms with Gasteiger partial charge in [0, 0.05) is 60.1 Å². The molecule has 8 heteroatoms. The van der Waals surface area contributed by atoms with Crippen LogP contribution in [0.25, 0.3) is 0 Å². The monoisotopic (exact) mass is 577 g/mol. The molecule has 1 saturated heterocycles. The number of ether oxygens (including phenoxy) is 2. The second-order valence-electron chi connectivity index (χ2n) is 8.58. The van der Waals surface area contributed by atoms with Crippen LogP contribution in [0.3, 0.4) is 0 Å². The fraction of sp³-hybridized carbons (Fsp3) is 0.708. The topological polar surface area (TPSA) is 72.0 Å². The van der Waals surface area contributed by atoms with Crippen LogP contribution in [0.4, 0.5) is 0 Å². The van der Waals surface area contributed by atoms with Crippen LogP contribution in [0.5, 0.6) is 5.75 Å². The Labute approximate surface area is 213 Å². The van der Waals surface area contributed by atoms with Gasteiger partial charge in [0.15, 0.2) is 5.96 Å². The van der Waals surface area contributed by atoms with Crippen molar-refractivity contribution in [1.82, 2.24) is 10.6 Å². The molecule has 1 aromatic rings. The molecule has 1 aromatic carbocycles. The third kappa shape index (κ3) is 7.32. The smallest absolute Gasteiger partial charge is 0.191 e. The third-order valence-corrected chi connectivity index (χ3v) is 8.41.